The summed E-state index contributed by atoms with van der Waals surface area (Å²) in [4.78, 5) is 24.0. The van der Waals surface area contributed by atoms with Crippen LogP contribution in [0, 0.1) is 18.3 Å². The van der Waals surface area contributed by atoms with Crippen LogP contribution in [0.15, 0.2) is 49.1 Å². The van der Waals surface area contributed by atoms with Crippen molar-refractivity contribution in [3.05, 3.63) is 71.3 Å². The SMILES string of the molecule is C#CC1Oc2c(O)ccc3c2C12CCN(C)C(C3)C2C=C.CNC(=O)c1cccc(C(=O)O)c1. The molecule has 2 bridgehead atoms. The highest BCUT2D eigenvalue weighted by molar-refractivity contribution is 5.97. The van der Waals surface area contributed by atoms with E-state index in [2.05, 4.69) is 29.8 Å². The first-order valence-electron chi connectivity index (χ1n) is 11.1. The van der Waals surface area contributed by atoms with Crippen LogP contribution in [0.3, 0.4) is 0 Å². The Hall–Kier alpha value is -3.76. The van der Waals surface area contributed by atoms with Gasteiger partial charge in [-0.1, -0.05) is 24.1 Å². The van der Waals surface area contributed by atoms with Gasteiger partial charge in [-0.15, -0.1) is 13.0 Å². The monoisotopic (exact) mass is 460 g/mol. The van der Waals surface area contributed by atoms with E-state index in [-0.39, 0.29) is 34.7 Å². The highest BCUT2D eigenvalue weighted by Crippen LogP contribution is 2.60. The summed E-state index contributed by atoms with van der Waals surface area (Å²) in [5.74, 6) is 2.56. The van der Waals surface area contributed by atoms with E-state index in [0.717, 1.165) is 24.9 Å². The number of aromatic hydroxyl groups is 1. The lowest BCUT2D eigenvalue weighted by molar-refractivity contribution is 0.0269. The van der Waals surface area contributed by atoms with Gasteiger partial charge in [-0.25, -0.2) is 4.79 Å². The molecule has 0 aromatic heterocycles. The number of terminal acetylenes is 1. The summed E-state index contributed by atoms with van der Waals surface area (Å²) in [5, 5.41) is 21.2. The number of fused-ring (bicyclic) bond motifs is 1. The van der Waals surface area contributed by atoms with Crippen molar-refractivity contribution < 1.29 is 24.5 Å². The molecule has 2 aliphatic heterocycles. The van der Waals surface area contributed by atoms with Crippen LogP contribution in [-0.4, -0.2) is 59.8 Å². The third-order valence-corrected chi connectivity index (χ3v) is 7.28. The van der Waals surface area contributed by atoms with E-state index in [0.29, 0.717) is 17.4 Å². The van der Waals surface area contributed by atoms with Crippen molar-refractivity contribution in [1.29, 1.82) is 0 Å². The Morgan fingerprint density at radius 3 is 2.71 bits per heavy atom. The minimum atomic E-state index is -1.04. The van der Waals surface area contributed by atoms with E-state index in [1.165, 1.54) is 30.8 Å². The number of carbonyl (C=O) groups excluding carboxylic acids is 1. The lowest BCUT2D eigenvalue weighted by atomic mass is 9.56. The first-order chi connectivity index (χ1) is 16.3. The summed E-state index contributed by atoms with van der Waals surface area (Å²) in [7, 11) is 3.66. The molecule has 7 nitrogen and oxygen atoms in total. The zero-order chi connectivity index (χ0) is 24.6. The van der Waals surface area contributed by atoms with E-state index in [1.807, 2.05) is 12.1 Å². The number of carboxylic acids is 1. The smallest absolute Gasteiger partial charge is 0.335 e. The average Bonchev–Trinajstić information content (AvgIpc) is 3.19. The van der Waals surface area contributed by atoms with Crippen molar-refractivity contribution >= 4 is 11.9 Å². The van der Waals surface area contributed by atoms with Gasteiger partial charge in [0, 0.05) is 30.1 Å². The van der Waals surface area contributed by atoms with Gasteiger partial charge in [-0.3, -0.25) is 4.79 Å². The minimum absolute atomic E-state index is 0.112. The van der Waals surface area contributed by atoms with E-state index in [1.54, 1.807) is 12.1 Å². The number of aromatic carboxylic acids is 1. The van der Waals surface area contributed by atoms with Crippen molar-refractivity contribution in [3.8, 4) is 23.8 Å². The molecule has 176 valence electrons. The molecular formula is C27H28N2O5. The fraction of sp³-hybridized carbons (Fsp3) is 0.333. The average molecular weight is 461 g/mol. The van der Waals surface area contributed by atoms with Crippen LogP contribution in [0.25, 0.3) is 0 Å². The van der Waals surface area contributed by atoms with E-state index in [4.69, 9.17) is 16.3 Å². The van der Waals surface area contributed by atoms with Gasteiger partial charge < -0.3 is 25.2 Å². The number of carboxylic acid groups (broad SMARTS) is 1. The molecule has 5 rings (SSSR count). The van der Waals surface area contributed by atoms with Gasteiger partial charge in [-0.05, 0) is 56.3 Å². The Balaban J connectivity index is 0.000000182. The Morgan fingerprint density at radius 1 is 1.32 bits per heavy atom. The molecule has 0 saturated carbocycles. The number of hydrogen-bond acceptors (Lipinski definition) is 5. The lowest BCUT2D eigenvalue weighted by Crippen LogP contribution is -2.61. The summed E-state index contributed by atoms with van der Waals surface area (Å²) >= 11 is 0. The van der Waals surface area contributed by atoms with Crippen molar-refractivity contribution in [2.75, 3.05) is 20.6 Å². The summed E-state index contributed by atoms with van der Waals surface area (Å²) in [6.07, 6.45) is 9.39. The number of hydrogen-bond donors (Lipinski definition) is 3. The molecule has 34 heavy (non-hydrogen) atoms. The second-order valence-corrected chi connectivity index (χ2v) is 8.88. The van der Waals surface area contributed by atoms with Crippen LogP contribution >= 0.6 is 0 Å². The van der Waals surface area contributed by atoms with E-state index < -0.39 is 5.97 Å². The number of phenols is 1. The summed E-state index contributed by atoms with van der Waals surface area (Å²) in [5.41, 5.74) is 2.63. The predicted molar refractivity (Wildman–Crippen MR) is 128 cm³/mol. The zero-order valence-electron chi connectivity index (χ0n) is 19.2. The number of amides is 1. The highest BCUT2D eigenvalue weighted by Gasteiger charge is 2.61. The first-order valence-corrected chi connectivity index (χ1v) is 11.1. The second-order valence-electron chi connectivity index (χ2n) is 8.88. The molecule has 1 spiro atoms. The van der Waals surface area contributed by atoms with Crippen LogP contribution in [-0.2, 0) is 11.8 Å². The molecule has 0 radical (unpaired) electrons. The lowest BCUT2D eigenvalue weighted by Gasteiger charge is -2.53. The van der Waals surface area contributed by atoms with Gasteiger partial charge in [0.25, 0.3) is 5.91 Å². The quantitative estimate of drug-likeness (QED) is 0.481. The molecule has 3 N–H and O–H groups in total. The first kappa shape index (κ1) is 23.4. The summed E-state index contributed by atoms with van der Waals surface area (Å²) in [6.45, 7) is 5.06. The molecule has 1 amide bonds. The van der Waals surface area contributed by atoms with Crippen molar-refractivity contribution in [2.24, 2.45) is 5.92 Å². The number of likely N-dealkylation sites (N-methyl/N-ethyl adjacent to an activating group) is 1. The Bertz CT molecular complexity index is 1200. The molecule has 7 heteroatoms. The molecule has 2 aromatic rings. The van der Waals surface area contributed by atoms with Crippen LogP contribution in [0.4, 0.5) is 0 Å². The maximum Gasteiger partial charge on any atom is 0.335 e. The normalized spacial score (nSPS) is 26.1. The molecule has 1 saturated heterocycles. The highest BCUT2D eigenvalue weighted by atomic mass is 16.5. The molecule has 4 unspecified atom stereocenters. The fourth-order valence-corrected chi connectivity index (χ4v) is 5.67. The van der Waals surface area contributed by atoms with Gasteiger partial charge in [0.1, 0.15) is 0 Å². The van der Waals surface area contributed by atoms with Crippen molar-refractivity contribution in [3.63, 3.8) is 0 Å². The van der Waals surface area contributed by atoms with Crippen LogP contribution < -0.4 is 10.1 Å². The summed E-state index contributed by atoms with van der Waals surface area (Å²) in [6, 6.07) is 10.0. The van der Waals surface area contributed by atoms with Gasteiger partial charge in [0.05, 0.1) is 11.0 Å². The van der Waals surface area contributed by atoms with Crippen molar-refractivity contribution in [2.45, 2.75) is 30.4 Å². The molecule has 2 aromatic carbocycles. The minimum Gasteiger partial charge on any atom is -0.504 e. The molecular weight excluding hydrogens is 432 g/mol. The van der Waals surface area contributed by atoms with Gasteiger partial charge in [0.2, 0.25) is 0 Å². The number of rotatable bonds is 3. The van der Waals surface area contributed by atoms with Crippen LogP contribution in [0.2, 0.25) is 0 Å². The van der Waals surface area contributed by atoms with Crippen molar-refractivity contribution in [1.82, 2.24) is 10.2 Å². The van der Waals surface area contributed by atoms with Gasteiger partial charge in [0.15, 0.2) is 17.6 Å². The molecule has 4 atom stereocenters. The predicted octanol–water partition coefficient (Wildman–Crippen LogP) is 2.83. The third kappa shape index (κ3) is 3.51. The number of nitrogens with one attached hydrogen (secondary N) is 1. The number of likely N-dealkylation sites (tertiary alicyclic amines) is 1. The molecule has 2 heterocycles. The Morgan fingerprint density at radius 2 is 2.06 bits per heavy atom. The Labute approximate surface area is 199 Å². The molecule has 3 aliphatic rings. The fourth-order valence-electron chi connectivity index (χ4n) is 5.67. The topological polar surface area (TPSA) is 99.1 Å². The maximum atomic E-state index is 11.1. The Kier molecular flexibility index (Phi) is 6.11. The van der Waals surface area contributed by atoms with Crippen LogP contribution in [0.5, 0.6) is 11.5 Å². The second kappa shape index (κ2) is 8.88. The standard InChI is InChI=1S/C18H19NO2.C9H9NO3/c1-4-12-13-10-11-6-7-14(20)17-16(11)18(12,8-9-19(13)3)15(5-2)21-17;1-10-8(11)6-3-2-4-7(5-6)9(12)13/h2,4,6-7,12-13,15,20H,1,8-10H2,3H3;2-5H,1H3,(H,10,11)(H,12,13). The summed E-state index contributed by atoms with van der Waals surface area (Å²) < 4.78 is 6.00. The number of benzene rings is 2. The maximum absolute atomic E-state index is 11.1. The number of ether oxygens (including phenoxy) is 1. The molecule has 1 fully saturated rings. The number of carbonyl (C=O) groups is 2. The largest absolute Gasteiger partial charge is 0.504 e. The van der Waals surface area contributed by atoms with E-state index in [9.17, 15) is 14.7 Å². The number of phenolic OH excluding ortho intramolecular Hbond substituents is 1. The van der Waals surface area contributed by atoms with E-state index >= 15 is 0 Å². The third-order valence-electron chi connectivity index (χ3n) is 7.28. The molecule has 1 aliphatic carbocycles. The van der Waals surface area contributed by atoms with Gasteiger partial charge >= 0.3 is 5.97 Å². The number of nitrogens with zero attached hydrogens (tertiary/aromatic N) is 1. The van der Waals surface area contributed by atoms with Crippen LogP contribution in [0.1, 0.15) is 38.3 Å². The van der Waals surface area contributed by atoms with Gasteiger partial charge in [-0.2, -0.15) is 0 Å². The zero-order valence-corrected chi connectivity index (χ0v) is 19.2. The number of piperidine rings is 1.